The third-order valence-corrected chi connectivity index (χ3v) is 4.42. The summed E-state index contributed by atoms with van der Waals surface area (Å²) < 4.78 is 27.6. The number of nitrogens with zero attached hydrogens (tertiary/aromatic N) is 1. The lowest BCUT2D eigenvalue weighted by atomic mass is 10.1. The molecule has 0 amide bonds. The Bertz CT molecular complexity index is 631. The lowest BCUT2D eigenvalue weighted by Gasteiger charge is -2.21. The second-order valence-corrected chi connectivity index (χ2v) is 8.11. The normalized spacial score (nSPS) is 13.5. The molecule has 22 heavy (non-hydrogen) atoms. The molecule has 0 aliphatic rings. The number of nitrogens with two attached hydrogens (primary N) is 1. The number of hydrogen-bond acceptors (Lipinski definition) is 3. The first-order valence-electron chi connectivity index (χ1n) is 7.19. The maximum absolute atomic E-state index is 12.5. The predicted molar refractivity (Wildman–Crippen MR) is 90.1 cm³/mol. The maximum Gasteiger partial charge on any atom is 0.241 e. The van der Waals surface area contributed by atoms with Crippen molar-refractivity contribution in [2.75, 3.05) is 0 Å². The fourth-order valence-corrected chi connectivity index (χ4v) is 3.52. The number of nitrogens with one attached hydrogen (secondary N) is 2. The van der Waals surface area contributed by atoms with Crippen LogP contribution < -0.4 is 15.8 Å². The molecule has 0 spiro atoms. The summed E-state index contributed by atoms with van der Waals surface area (Å²) >= 11 is 0. The molecular formula is C15H26N4O2S. The van der Waals surface area contributed by atoms with Gasteiger partial charge in [-0.3, -0.25) is 0 Å². The molecule has 0 atom stereocenters. The van der Waals surface area contributed by atoms with Gasteiger partial charge in [-0.15, -0.1) is 0 Å². The first kappa shape index (κ1) is 18.4. The number of sulfonamides is 1. The zero-order chi connectivity index (χ0) is 17.0. The molecule has 0 heterocycles. The average Bonchev–Trinajstić information content (AvgIpc) is 2.33. The third-order valence-electron chi connectivity index (χ3n) is 2.56. The van der Waals surface area contributed by atoms with Gasteiger partial charge in [-0.2, -0.15) is 0 Å². The Labute approximate surface area is 133 Å². The van der Waals surface area contributed by atoms with Gasteiger partial charge in [0.2, 0.25) is 10.0 Å². The van der Waals surface area contributed by atoms with Crippen molar-refractivity contribution in [1.82, 2.24) is 10.0 Å². The smallest absolute Gasteiger partial charge is 0.241 e. The summed E-state index contributed by atoms with van der Waals surface area (Å²) in [5, 5.41) is 2.97. The van der Waals surface area contributed by atoms with Gasteiger partial charge in [-0.1, -0.05) is 18.2 Å². The van der Waals surface area contributed by atoms with E-state index in [2.05, 4.69) is 15.0 Å². The van der Waals surface area contributed by atoms with Crippen LogP contribution in [-0.4, -0.2) is 26.0 Å². The maximum atomic E-state index is 12.5. The van der Waals surface area contributed by atoms with Gasteiger partial charge in [0, 0.05) is 11.6 Å². The Morgan fingerprint density at radius 1 is 1.27 bits per heavy atom. The fraction of sp³-hybridized carbons (Fsp3) is 0.533. The zero-order valence-corrected chi connectivity index (χ0v) is 14.7. The molecule has 0 aromatic heterocycles. The van der Waals surface area contributed by atoms with E-state index >= 15 is 0 Å². The topological polar surface area (TPSA) is 96.6 Å². The molecule has 4 N–H and O–H groups in total. The number of guanidine groups is 1. The second kappa shape index (κ2) is 7.11. The van der Waals surface area contributed by atoms with Crippen molar-refractivity contribution in [1.29, 1.82) is 0 Å². The van der Waals surface area contributed by atoms with Crippen LogP contribution >= 0.6 is 0 Å². The molecule has 0 saturated carbocycles. The van der Waals surface area contributed by atoms with E-state index in [0.717, 1.165) is 0 Å². The molecule has 7 heteroatoms. The van der Waals surface area contributed by atoms with Crippen LogP contribution in [0.2, 0.25) is 0 Å². The van der Waals surface area contributed by atoms with Crippen LogP contribution in [0.5, 0.6) is 0 Å². The van der Waals surface area contributed by atoms with E-state index < -0.39 is 15.6 Å². The van der Waals surface area contributed by atoms with Crippen molar-refractivity contribution >= 4 is 16.0 Å². The Kier molecular flexibility index (Phi) is 5.96. The highest BCUT2D eigenvalue weighted by molar-refractivity contribution is 7.89. The quantitative estimate of drug-likeness (QED) is 0.565. The van der Waals surface area contributed by atoms with Gasteiger partial charge >= 0.3 is 0 Å². The molecule has 6 nitrogen and oxygen atoms in total. The first-order chi connectivity index (χ1) is 10.0. The van der Waals surface area contributed by atoms with Crippen molar-refractivity contribution < 1.29 is 8.42 Å². The number of benzene rings is 1. The summed E-state index contributed by atoms with van der Waals surface area (Å²) in [6, 6.07) is 6.96. The molecule has 0 aliphatic heterocycles. The molecule has 1 rings (SSSR count). The predicted octanol–water partition coefficient (Wildman–Crippen LogP) is 1.58. The summed E-state index contributed by atoms with van der Waals surface area (Å²) in [6.45, 7) is 9.51. The summed E-state index contributed by atoms with van der Waals surface area (Å²) in [5.41, 5.74) is 5.81. The lowest BCUT2D eigenvalue weighted by Crippen LogP contribution is -2.40. The Balaban J connectivity index is 3.05. The minimum absolute atomic E-state index is 0.172. The van der Waals surface area contributed by atoms with Crippen LogP contribution in [0, 0.1) is 0 Å². The summed E-state index contributed by atoms with van der Waals surface area (Å²) in [4.78, 5) is 4.42. The minimum Gasteiger partial charge on any atom is -0.370 e. The van der Waals surface area contributed by atoms with Crippen LogP contribution in [0.1, 0.15) is 40.2 Å². The number of aliphatic imine (C=N–C) groups is 1. The highest BCUT2D eigenvalue weighted by atomic mass is 32.2. The largest absolute Gasteiger partial charge is 0.370 e. The molecule has 0 fully saturated rings. The minimum atomic E-state index is -3.60. The van der Waals surface area contributed by atoms with E-state index in [0.29, 0.717) is 11.5 Å². The average molecular weight is 326 g/mol. The van der Waals surface area contributed by atoms with Crippen molar-refractivity contribution in [2.24, 2.45) is 10.7 Å². The lowest BCUT2D eigenvalue weighted by molar-refractivity contribution is 0.491. The first-order valence-corrected chi connectivity index (χ1v) is 8.68. The van der Waals surface area contributed by atoms with Gasteiger partial charge in [-0.25, -0.2) is 18.1 Å². The van der Waals surface area contributed by atoms with Crippen LogP contribution in [0.4, 0.5) is 0 Å². The monoisotopic (exact) mass is 326 g/mol. The second-order valence-electron chi connectivity index (χ2n) is 6.46. The van der Waals surface area contributed by atoms with E-state index in [1.165, 1.54) is 0 Å². The van der Waals surface area contributed by atoms with Gasteiger partial charge < -0.3 is 11.1 Å². The standard InChI is InChI=1S/C15H26N4O2S/c1-11(2)18-14(16)17-10-12-8-6-7-9-13(12)22(20,21)19-15(3,4)5/h6-9,11,19H,10H2,1-5H3,(H3,16,17,18). The molecule has 0 bridgehead atoms. The fourth-order valence-electron chi connectivity index (χ4n) is 1.87. The summed E-state index contributed by atoms with van der Waals surface area (Å²) in [7, 11) is -3.60. The molecule has 1 aromatic carbocycles. The molecule has 0 aliphatic carbocycles. The molecule has 0 unspecified atom stereocenters. The number of rotatable bonds is 5. The summed E-state index contributed by atoms with van der Waals surface area (Å²) in [6.07, 6.45) is 0. The van der Waals surface area contributed by atoms with E-state index in [4.69, 9.17) is 5.73 Å². The van der Waals surface area contributed by atoms with Crippen LogP contribution in [0.25, 0.3) is 0 Å². The summed E-state index contributed by atoms with van der Waals surface area (Å²) in [5.74, 6) is 0.297. The van der Waals surface area contributed by atoms with Gasteiger partial charge in [0.1, 0.15) is 0 Å². The van der Waals surface area contributed by atoms with Gasteiger partial charge in [0.25, 0.3) is 0 Å². The van der Waals surface area contributed by atoms with E-state index in [1.54, 1.807) is 45.0 Å². The molecule has 124 valence electrons. The zero-order valence-electron chi connectivity index (χ0n) is 13.8. The molecule has 0 saturated heterocycles. The Hall–Kier alpha value is -1.60. The highest BCUT2D eigenvalue weighted by Gasteiger charge is 2.24. The Morgan fingerprint density at radius 3 is 2.41 bits per heavy atom. The number of hydrogen-bond donors (Lipinski definition) is 3. The van der Waals surface area contributed by atoms with Crippen LogP contribution in [-0.2, 0) is 16.6 Å². The molecule has 1 aromatic rings. The van der Waals surface area contributed by atoms with Crippen LogP contribution in [0.3, 0.4) is 0 Å². The molecule has 0 radical (unpaired) electrons. The van der Waals surface area contributed by atoms with Gasteiger partial charge in [0.15, 0.2) is 5.96 Å². The van der Waals surface area contributed by atoms with Crippen molar-refractivity contribution in [3.63, 3.8) is 0 Å². The van der Waals surface area contributed by atoms with Gasteiger partial charge in [-0.05, 0) is 46.2 Å². The van der Waals surface area contributed by atoms with E-state index in [-0.39, 0.29) is 17.5 Å². The highest BCUT2D eigenvalue weighted by Crippen LogP contribution is 2.18. The van der Waals surface area contributed by atoms with Gasteiger partial charge in [0.05, 0.1) is 11.4 Å². The van der Waals surface area contributed by atoms with Crippen molar-refractivity contribution in [3.8, 4) is 0 Å². The van der Waals surface area contributed by atoms with Crippen molar-refractivity contribution in [3.05, 3.63) is 29.8 Å². The van der Waals surface area contributed by atoms with E-state index in [9.17, 15) is 8.42 Å². The SMILES string of the molecule is CC(C)NC(N)=NCc1ccccc1S(=O)(=O)NC(C)(C)C. The van der Waals surface area contributed by atoms with E-state index in [1.807, 2.05) is 13.8 Å². The van der Waals surface area contributed by atoms with Crippen molar-refractivity contribution in [2.45, 2.75) is 57.6 Å². The molecular weight excluding hydrogens is 300 g/mol. The van der Waals surface area contributed by atoms with Crippen LogP contribution in [0.15, 0.2) is 34.2 Å². The third kappa shape index (κ3) is 6.03. The Morgan fingerprint density at radius 2 is 1.86 bits per heavy atom.